The molecule has 0 aromatic heterocycles. The highest BCUT2D eigenvalue weighted by Crippen LogP contribution is 2.50. The van der Waals surface area contributed by atoms with E-state index in [1.165, 1.54) is 112 Å². The monoisotopic (exact) mass is 679 g/mol. The molecule has 0 amide bonds. The fourth-order valence-corrected chi connectivity index (χ4v) is 9.68. The van der Waals surface area contributed by atoms with Crippen molar-refractivity contribution in [1.29, 1.82) is 0 Å². The van der Waals surface area contributed by atoms with Crippen LogP contribution in [0.5, 0.6) is 0 Å². The van der Waals surface area contributed by atoms with Crippen LogP contribution >= 0.6 is 0 Å². The molecule has 51 heavy (non-hydrogen) atoms. The Balaban J connectivity index is 0.000000839. The summed E-state index contributed by atoms with van der Waals surface area (Å²) in [6.07, 6.45) is 18.0. The minimum Gasteiger partial charge on any atom is -0.0998 e. The Kier molecular flexibility index (Phi) is 11.2. The van der Waals surface area contributed by atoms with Crippen molar-refractivity contribution in [3.05, 3.63) is 123 Å². The van der Waals surface area contributed by atoms with Crippen molar-refractivity contribution in [3.63, 3.8) is 0 Å². The van der Waals surface area contributed by atoms with Gasteiger partial charge in [0, 0.05) is 5.92 Å². The first-order valence-electron chi connectivity index (χ1n) is 20.3. The Morgan fingerprint density at radius 1 is 0.824 bits per heavy atom. The molecule has 2 fully saturated rings. The van der Waals surface area contributed by atoms with E-state index in [2.05, 4.69) is 136 Å². The molecule has 0 heterocycles. The topological polar surface area (TPSA) is 0 Å². The van der Waals surface area contributed by atoms with E-state index in [4.69, 9.17) is 0 Å². The molecule has 3 aromatic rings. The molecule has 0 N–H and O–H groups in total. The molecule has 3 atom stereocenters. The number of hydrogen-bond donors (Lipinski definition) is 0. The zero-order valence-corrected chi connectivity index (χ0v) is 33.6. The summed E-state index contributed by atoms with van der Waals surface area (Å²) in [6, 6.07) is 19.0. The molecule has 4 aliphatic carbocycles. The van der Waals surface area contributed by atoms with Gasteiger partial charge >= 0.3 is 0 Å². The molecule has 0 radical (unpaired) electrons. The van der Waals surface area contributed by atoms with Crippen LogP contribution in [0.2, 0.25) is 0 Å². The Bertz CT molecular complexity index is 1820. The molecular formula is C51H66. The standard InChI is InChI=1S/C46H54.C5H12/c1-8-30(5)36-17-18-37(24-36)33-13-15-34(16-14-33)43-23-32(7)41-20-19-38(26-45(41)43)39-25-40-22-31(6)42(21-28(2)3)46(44(40)27-39)35-11-9-29(4)10-12-35;1-5(2,3)4/h9-12,19-20,22-23,25-26,32-34,36-37H,2,5,8,13-18,21,24,27H2,1,3-4,6-7H3;1-4H3/t32?,33?,34?,36?,37-;/m1./s1. The molecule has 0 saturated heterocycles. The third-order valence-electron chi connectivity index (χ3n) is 12.4. The van der Waals surface area contributed by atoms with Gasteiger partial charge in [0.25, 0.3) is 0 Å². The third-order valence-corrected chi connectivity index (χ3v) is 12.4. The number of aryl methyl sites for hydroxylation is 2. The first-order valence-corrected chi connectivity index (χ1v) is 20.3. The third kappa shape index (κ3) is 8.48. The molecule has 0 bridgehead atoms. The molecule has 2 unspecified atom stereocenters. The minimum atomic E-state index is 0.500. The smallest absolute Gasteiger partial charge is 0.000174 e. The maximum Gasteiger partial charge on any atom is 0.000174 e. The lowest BCUT2D eigenvalue weighted by atomic mass is 9.72. The van der Waals surface area contributed by atoms with Gasteiger partial charge in [-0.3, -0.25) is 0 Å². The van der Waals surface area contributed by atoms with Gasteiger partial charge in [-0.25, -0.2) is 0 Å². The van der Waals surface area contributed by atoms with Crippen LogP contribution in [0.15, 0.2) is 78.9 Å². The van der Waals surface area contributed by atoms with Gasteiger partial charge in [-0.1, -0.05) is 126 Å². The molecular weight excluding hydrogens is 613 g/mol. The zero-order chi connectivity index (χ0) is 36.6. The lowest BCUT2D eigenvalue weighted by Gasteiger charge is -2.33. The molecule has 0 spiro atoms. The van der Waals surface area contributed by atoms with E-state index in [9.17, 15) is 0 Å². The number of allylic oxidation sites excluding steroid dienone is 5. The average molecular weight is 679 g/mol. The van der Waals surface area contributed by atoms with Crippen molar-refractivity contribution in [1.82, 2.24) is 0 Å². The predicted octanol–water partition coefficient (Wildman–Crippen LogP) is 14.9. The summed E-state index contributed by atoms with van der Waals surface area (Å²) in [5.41, 5.74) is 20.6. The molecule has 2 saturated carbocycles. The van der Waals surface area contributed by atoms with Crippen LogP contribution in [0.4, 0.5) is 0 Å². The van der Waals surface area contributed by atoms with Crippen LogP contribution in [0.25, 0.3) is 28.3 Å². The van der Waals surface area contributed by atoms with Gasteiger partial charge in [-0.15, -0.1) is 0 Å². The van der Waals surface area contributed by atoms with Gasteiger partial charge in [-0.05, 0) is 181 Å². The second-order valence-electron chi connectivity index (χ2n) is 18.6. The number of fused-ring (bicyclic) bond motifs is 2. The van der Waals surface area contributed by atoms with E-state index in [0.29, 0.717) is 17.3 Å². The molecule has 4 aliphatic rings. The van der Waals surface area contributed by atoms with Crippen LogP contribution in [0.1, 0.15) is 150 Å². The Morgan fingerprint density at radius 3 is 2.12 bits per heavy atom. The summed E-state index contributed by atoms with van der Waals surface area (Å²) >= 11 is 0. The van der Waals surface area contributed by atoms with Gasteiger partial charge in [0.2, 0.25) is 0 Å². The quantitative estimate of drug-likeness (QED) is 0.208. The van der Waals surface area contributed by atoms with Crippen LogP contribution in [0.3, 0.4) is 0 Å². The van der Waals surface area contributed by atoms with E-state index in [1.54, 1.807) is 11.1 Å². The van der Waals surface area contributed by atoms with Gasteiger partial charge in [0.15, 0.2) is 0 Å². The first kappa shape index (κ1) is 37.4. The summed E-state index contributed by atoms with van der Waals surface area (Å²) in [4.78, 5) is 0. The largest absolute Gasteiger partial charge is 0.0998 e. The van der Waals surface area contributed by atoms with E-state index in [1.807, 2.05) is 0 Å². The van der Waals surface area contributed by atoms with Crippen LogP contribution in [-0.4, -0.2) is 0 Å². The van der Waals surface area contributed by atoms with E-state index >= 15 is 0 Å². The second kappa shape index (κ2) is 15.3. The van der Waals surface area contributed by atoms with E-state index < -0.39 is 0 Å². The number of hydrogen-bond acceptors (Lipinski definition) is 0. The predicted molar refractivity (Wildman–Crippen MR) is 225 cm³/mol. The van der Waals surface area contributed by atoms with Crippen molar-refractivity contribution < 1.29 is 0 Å². The molecule has 7 rings (SSSR count). The van der Waals surface area contributed by atoms with Crippen molar-refractivity contribution in [3.8, 4) is 11.1 Å². The fourth-order valence-electron chi connectivity index (χ4n) is 9.68. The summed E-state index contributed by atoms with van der Waals surface area (Å²) in [5.74, 6) is 3.89. The maximum atomic E-state index is 4.40. The first-order chi connectivity index (χ1) is 24.2. The lowest BCUT2D eigenvalue weighted by Crippen LogP contribution is -2.21. The Labute approximate surface area is 312 Å². The highest BCUT2D eigenvalue weighted by molar-refractivity contribution is 5.94. The lowest BCUT2D eigenvalue weighted by molar-refractivity contribution is 0.226. The molecule has 3 aromatic carbocycles. The van der Waals surface area contributed by atoms with Crippen molar-refractivity contribution in [2.75, 3.05) is 0 Å². The summed E-state index contributed by atoms with van der Waals surface area (Å²) in [7, 11) is 0. The molecule has 0 heteroatoms. The van der Waals surface area contributed by atoms with Gasteiger partial charge in [-0.2, -0.15) is 0 Å². The highest BCUT2D eigenvalue weighted by atomic mass is 14.4. The van der Waals surface area contributed by atoms with E-state index in [0.717, 1.165) is 37.0 Å². The average Bonchev–Trinajstić information content (AvgIpc) is 3.82. The highest BCUT2D eigenvalue weighted by Gasteiger charge is 2.36. The van der Waals surface area contributed by atoms with Gasteiger partial charge in [0.05, 0.1) is 0 Å². The van der Waals surface area contributed by atoms with Gasteiger partial charge < -0.3 is 0 Å². The molecule has 270 valence electrons. The van der Waals surface area contributed by atoms with Crippen molar-refractivity contribution in [2.45, 2.75) is 132 Å². The normalized spacial score (nSPS) is 23.9. The zero-order valence-electron chi connectivity index (χ0n) is 33.6. The van der Waals surface area contributed by atoms with Crippen molar-refractivity contribution >= 4 is 17.2 Å². The summed E-state index contributed by atoms with van der Waals surface area (Å²) in [5, 5.41) is 0. The summed E-state index contributed by atoms with van der Waals surface area (Å²) in [6.45, 7) is 28.8. The number of benzene rings is 3. The van der Waals surface area contributed by atoms with Crippen molar-refractivity contribution in [2.24, 2.45) is 29.1 Å². The Morgan fingerprint density at radius 2 is 1.47 bits per heavy atom. The maximum absolute atomic E-state index is 4.40. The number of rotatable bonds is 8. The van der Waals surface area contributed by atoms with Gasteiger partial charge in [0.1, 0.15) is 0 Å². The minimum absolute atomic E-state index is 0.500. The van der Waals surface area contributed by atoms with Crippen LogP contribution in [-0.2, 0) is 12.8 Å². The van der Waals surface area contributed by atoms with Crippen LogP contribution in [0, 0.1) is 42.9 Å². The van der Waals surface area contributed by atoms with Crippen LogP contribution < -0.4 is 0 Å². The summed E-state index contributed by atoms with van der Waals surface area (Å²) < 4.78 is 0. The molecule has 0 nitrogen and oxygen atoms in total. The molecule has 0 aliphatic heterocycles. The fraction of sp³-hybridized carbons (Fsp3) is 0.490. The van der Waals surface area contributed by atoms with E-state index in [-0.39, 0.29) is 0 Å². The Hall–Kier alpha value is -3.38. The second-order valence-corrected chi connectivity index (χ2v) is 18.6. The SMILES string of the molecule is C=C(C)Cc1c(C)cc2c(c1-c1ccc(C)cc1)CC(c1ccc3c(c1)C(C1CCC([C@@H]4CCC(C(=C)CC)C4)CC1)=CC3C)=C2.CC(C)(C)C.